The van der Waals surface area contributed by atoms with Crippen LogP contribution in [0, 0.1) is 0 Å². The first-order valence-electron chi connectivity index (χ1n) is 4.06. The molecule has 0 heterocycles. The van der Waals surface area contributed by atoms with Gasteiger partial charge in [-0.1, -0.05) is 0 Å². The Hall–Kier alpha value is -0.220. The predicted octanol–water partition coefficient (Wildman–Crippen LogP) is 0.580. The third-order valence-corrected chi connectivity index (χ3v) is 2.20. The molecule has 0 aliphatic carbocycles. The summed E-state index contributed by atoms with van der Waals surface area (Å²) in [6.07, 6.45) is 3.05. The van der Waals surface area contributed by atoms with E-state index in [0.29, 0.717) is 12.8 Å². The van der Waals surface area contributed by atoms with Crippen molar-refractivity contribution in [2.24, 2.45) is 0 Å². The van der Waals surface area contributed by atoms with Gasteiger partial charge in [0.2, 0.25) is 5.91 Å². The molecule has 1 amide bonds. The minimum Gasteiger partial charge on any atom is -0.396 e. The Kier molecular flexibility index (Phi) is 7.29. The van der Waals surface area contributed by atoms with Gasteiger partial charge in [-0.25, -0.2) is 0 Å². The quantitative estimate of drug-likeness (QED) is 0.667. The Morgan fingerprint density at radius 3 is 2.75 bits per heavy atom. The zero-order valence-corrected chi connectivity index (χ0v) is 8.56. The van der Waals surface area contributed by atoms with Crippen molar-refractivity contribution in [3.63, 3.8) is 0 Å². The number of thioether (sulfide) groups is 1. The van der Waals surface area contributed by atoms with Gasteiger partial charge in [0.25, 0.3) is 0 Å². The number of rotatable bonds is 6. The number of aliphatic hydroxyl groups is 1. The van der Waals surface area contributed by atoms with E-state index in [1.807, 2.05) is 6.26 Å². The molecule has 3 nitrogen and oxygen atoms in total. The highest BCUT2D eigenvalue weighted by atomic mass is 32.2. The van der Waals surface area contributed by atoms with Crippen molar-refractivity contribution in [2.45, 2.75) is 12.8 Å². The predicted molar refractivity (Wildman–Crippen MR) is 52.3 cm³/mol. The van der Waals surface area contributed by atoms with Crippen LogP contribution in [-0.4, -0.2) is 48.1 Å². The van der Waals surface area contributed by atoms with Crippen LogP contribution in [0.2, 0.25) is 0 Å². The summed E-state index contributed by atoms with van der Waals surface area (Å²) in [4.78, 5) is 12.9. The Morgan fingerprint density at radius 2 is 2.25 bits per heavy atom. The van der Waals surface area contributed by atoms with Crippen molar-refractivity contribution in [3.05, 3.63) is 0 Å². The first-order valence-corrected chi connectivity index (χ1v) is 5.45. The van der Waals surface area contributed by atoms with Gasteiger partial charge in [0.15, 0.2) is 0 Å². The summed E-state index contributed by atoms with van der Waals surface area (Å²) in [6.45, 7) is 0.896. The highest BCUT2D eigenvalue weighted by molar-refractivity contribution is 7.98. The lowest BCUT2D eigenvalue weighted by atomic mass is 10.3. The van der Waals surface area contributed by atoms with Crippen molar-refractivity contribution in [1.82, 2.24) is 4.90 Å². The summed E-state index contributed by atoms with van der Waals surface area (Å²) in [5.41, 5.74) is 0. The van der Waals surface area contributed by atoms with E-state index in [1.54, 1.807) is 23.7 Å². The molecule has 0 saturated carbocycles. The van der Waals surface area contributed by atoms with Crippen LogP contribution in [0.25, 0.3) is 0 Å². The molecule has 0 aromatic carbocycles. The summed E-state index contributed by atoms with van der Waals surface area (Å²) in [5, 5.41) is 8.50. The van der Waals surface area contributed by atoms with Crippen LogP contribution in [0.15, 0.2) is 0 Å². The van der Waals surface area contributed by atoms with Gasteiger partial charge >= 0.3 is 0 Å². The Balaban J connectivity index is 3.47. The number of hydrogen-bond acceptors (Lipinski definition) is 3. The summed E-state index contributed by atoms with van der Waals surface area (Å²) in [6, 6.07) is 0. The van der Waals surface area contributed by atoms with E-state index < -0.39 is 0 Å². The zero-order valence-electron chi connectivity index (χ0n) is 7.75. The van der Waals surface area contributed by atoms with E-state index in [1.165, 1.54) is 0 Å². The van der Waals surface area contributed by atoms with E-state index in [2.05, 4.69) is 0 Å². The summed E-state index contributed by atoms with van der Waals surface area (Å²) >= 11 is 1.73. The average molecular weight is 191 g/mol. The first-order chi connectivity index (χ1) is 5.72. The maximum absolute atomic E-state index is 11.2. The molecule has 0 rings (SSSR count). The van der Waals surface area contributed by atoms with Crippen molar-refractivity contribution in [1.29, 1.82) is 0 Å². The van der Waals surface area contributed by atoms with Crippen LogP contribution in [0.4, 0.5) is 0 Å². The lowest BCUT2D eigenvalue weighted by Crippen LogP contribution is -2.28. The number of nitrogens with zero attached hydrogens (tertiary/aromatic N) is 1. The summed E-state index contributed by atoms with van der Waals surface area (Å²) in [7, 11) is 1.80. The van der Waals surface area contributed by atoms with Gasteiger partial charge in [0.05, 0.1) is 0 Å². The van der Waals surface area contributed by atoms with Crippen LogP contribution >= 0.6 is 11.8 Å². The minimum atomic E-state index is 0.0993. The normalized spacial score (nSPS) is 9.92. The van der Waals surface area contributed by atoms with Crippen molar-refractivity contribution >= 4 is 17.7 Å². The molecular weight excluding hydrogens is 174 g/mol. The average Bonchev–Trinajstić information content (AvgIpc) is 2.10. The fourth-order valence-corrected chi connectivity index (χ4v) is 1.23. The molecule has 72 valence electrons. The molecule has 0 aliphatic heterocycles. The molecule has 0 aromatic heterocycles. The highest BCUT2D eigenvalue weighted by Crippen LogP contribution is 1.97. The standard InChI is InChI=1S/C8H17NO2S/c1-9(5-7-12-2)8(11)4-3-6-10/h10H,3-7H2,1-2H3. The molecule has 0 atom stereocenters. The van der Waals surface area contributed by atoms with Crippen molar-refractivity contribution < 1.29 is 9.90 Å². The lowest BCUT2D eigenvalue weighted by molar-refractivity contribution is -0.129. The van der Waals surface area contributed by atoms with Crippen LogP contribution in [0.3, 0.4) is 0 Å². The van der Waals surface area contributed by atoms with E-state index in [-0.39, 0.29) is 12.5 Å². The Bertz CT molecular complexity index is 130. The van der Waals surface area contributed by atoms with E-state index in [9.17, 15) is 4.79 Å². The van der Waals surface area contributed by atoms with Gasteiger partial charge in [-0.2, -0.15) is 11.8 Å². The maximum Gasteiger partial charge on any atom is 0.222 e. The molecule has 0 unspecified atom stereocenters. The Labute approximate surface area is 78.1 Å². The number of hydrogen-bond donors (Lipinski definition) is 1. The molecule has 4 heteroatoms. The third kappa shape index (κ3) is 5.43. The number of carbonyl (C=O) groups is 1. The van der Waals surface area contributed by atoms with Gasteiger partial charge in [0, 0.05) is 32.4 Å². The molecule has 1 N–H and O–H groups in total. The molecule has 0 radical (unpaired) electrons. The lowest BCUT2D eigenvalue weighted by Gasteiger charge is -2.15. The third-order valence-electron chi connectivity index (χ3n) is 1.61. The highest BCUT2D eigenvalue weighted by Gasteiger charge is 2.06. The fourth-order valence-electron chi connectivity index (χ4n) is 0.774. The number of aliphatic hydroxyl groups excluding tert-OH is 1. The van der Waals surface area contributed by atoms with Gasteiger partial charge < -0.3 is 10.0 Å². The SMILES string of the molecule is CSCCN(C)C(=O)CCCO. The first kappa shape index (κ1) is 11.8. The van der Waals surface area contributed by atoms with Crippen LogP contribution in [-0.2, 0) is 4.79 Å². The summed E-state index contributed by atoms with van der Waals surface area (Å²) < 4.78 is 0. The second-order valence-electron chi connectivity index (χ2n) is 2.64. The maximum atomic E-state index is 11.2. The van der Waals surface area contributed by atoms with Gasteiger partial charge in [-0.15, -0.1) is 0 Å². The molecule has 0 saturated heterocycles. The number of amides is 1. The van der Waals surface area contributed by atoms with E-state index in [0.717, 1.165) is 12.3 Å². The van der Waals surface area contributed by atoms with Gasteiger partial charge in [-0.3, -0.25) is 4.79 Å². The molecule has 0 aliphatic rings. The second kappa shape index (κ2) is 7.43. The van der Waals surface area contributed by atoms with E-state index >= 15 is 0 Å². The smallest absolute Gasteiger partial charge is 0.222 e. The minimum absolute atomic E-state index is 0.0993. The molecule has 0 spiro atoms. The summed E-state index contributed by atoms with van der Waals surface area (Å²) in [5.74, 6) is 1.10. The van der Waals surface area contributed by atoms with Crippen molar-refractivity contribution in [3.8, 4) is 0 Å². The molecule has 0 bridgehead atoms. The van der Waals surface area contributed by atoms with Crippen LogP contribution < -0.4 is 0 Å². The zero-order chi connectivity index (χ0) is 9.40. The van der Waals surface area contributed by atoms with E-state index in [4.69, 9.17) is 5.11 Å². The largest absolute Gasteiger partial charge is 0.396 e. The molecular formula is C8H17NO2S. The second-order valence-corrected chi connectivity index (χ2v) is 3.62. The monoisotopic (exact) mass is 191 g/mol. The molecule has 12 heavy (non-hydrogen) atoms. The van der Waals surface area contributed by atoms with Crippen LogP contribution in [0.5, 0.6) is 0 Å². The number of carbonyl (C=O) groups excluding carboxylic acids is 1. The van der Waals surface area contributed by atoms with Gasteiger partial charge in [0.1, 0.15) is 0 Å². The van der Waals surface area contributed by atoms with Crippen molar-refractivity contribution in [2.75, 3.05) is 32.2 Å². The molecule has 0 aromatic rings. The topological polar surface area (TPSA) is 40.5 Å². The van der Waals surface area contributed by atoms with Crippen LogP contribution in [0.1, 0.15) is 12.8 Å². The van der Waals surface area contributed by atoms with Gasteiger partial charge in [-0.05, 0) is 12.7 Å². The molecule has 0 fully saturated rings. The fraction of sp³-hybridized carbons (Fsp3) is 0.875. The Morgan fingerprint density at radius 1 is 1.58 bits per heavy atom.